The number of anilines is 1. The fraction of sp³-hybridized carbons (Fsp3) is 0.551. The lowest BCUT2D eigenvalue weighted by molar-refractivity contribution is -0.127. The van der Waals surface area contributed by atoms with Gasteiger partial charge in [0, 0.05) is 61.1 Å². The number of ether oxygens (including phenoxy) is 2. The summed E-state index contributed by atoms with van der Waals surface area (Å²) in [6.07, 6.45) is 11.1. The van der Waals surface area contributed by atoms with Crippen molar-refractivity contribution in [2.75, 3.05) is 39.7 Å². The van der Waals surface area contributed by atoms with Crippen molar-refractivity contribution >= 4 is 35.0 Å². The third-order valence-electron chi connectivity index (χ3n) is 11.9. The number of nitrogens with two attached hydrogens (primary N) is 1. The predicted molar refractivity (Wildman–Crippen MR) is 250 cm³/mol. The van der Waals surface area contributed by atoms with Crippen molar-refractivity contribution in [3.63, 3.8) is 0 Å². The van der Waals surface area contributed by atoms with Gasteiger partial charge in [-0.1, -0.05) is 110 Å². The standard InChI is InChI=1S/C29H31ClN4O3.C16H33NO.C4H10O/c1-16-11-12-18-15-24(34-29(37-4)25(16)18)21-9-5-8-20(26(21)30)19-7-6-10-23(17(19)2)33-28(36)22(13-14-31)27(35)32-3;1-7-13(5)11-12-16(9-3,10-4)17-15(18)14(6)8-2;1-3-4-5-2/h5-10,13,15-16H,11-12,14,31H2,1-4H3,(H,32,35)(H,33,36);13-14H,7-12H2,1-6H3,(H,17,18);3-4H2,1-2H3/b22-13+;;/t;13-,14-;/m.1./s1. The van der Waals surface area contributed by atoms with Crippen LogP contribution in [0.1, 0.15) is 129 Å². The molecule has 0 fully saturated rings. The maximum absolute atomic E-state index is 12.8. The molecule has 3 amide bonds. The zero-order valence-corrected chi connectivity index (χ0v) is 39.3. The fourth-order valence-electron chi connectivity index (χ4n) is 7.20. The molecule has 2 aromatic carbocycles. The highest BCUT2D eigenvalue weighted by atomic mass is 35.5. The van der Waals surface area contributed by atoms with Crippen LogP contribution in [-0.2, 0) is 25.5 Å². The van der Waals surface area contributed by atoms with E-state index in [1.54, 1.807) is 20.3 Å². The SMILES string of the molecule is CCCOC.CC[C@@H](C)CCC(CC)(CC)NC(=O)[C@H](C)CC.CNC(=O)/C(=C\CN)C(=O)Nc1cccc(-c2cccc(-c3cc4c(c(OC)n3)C(C)CC4)c2Cl)c1C. The number of halogens is 1. The van der Waals surface area contributed by atoms with Crippen LogP contribution >= 0.6 is 11.6 Å². The Bertz CT molecular complexity index is 1870. The maximum Gasteiger partial charge on any atom is 0.260 e. The number of pyridine rings is 1. The summed E-state index contributed by atoms with van der Waals surface area (Å²) >= 11 is 6.99. The van der Waals surface area contributed by atoms with Crippen molar-refractivity contribution in [2.24, 2.45) is 17.6 Å². The first-order valence-corrected chi connectivity index (χ1v) is 22.2. The van der Waals surface area contributed by atoms with Gasteiger partial charge in [-0.05, 0) is 98.9 Å². The molecule has 1 aliphatic rings. The molecular formula is C49H74ClN5O5. The van der Waals surface area contributed by atoms with Gasteiger partial charge < -0.3 is 31.2 Å². The summed E-state index contributed by atoms with van der Waals surface area (Å²) in [4.78, 5) is 41.9. The lowest BCUT2D eigenvalue weighted by Crippen LogP contribution is -2.49. The van der Waals surface area contributed by atoms with Crippen LogP contribution in [0.25, 0.3) is 22.4 Å². The highest BCUT2D eigenvalue weighted by Gasteiger charge is 2.30. The lowest BCUT2D eigenvalue weighted by atomic mass is 9.84. The molecule has 1 heterocycles. The molecule has 0 radical (unpaired) electrons. The summed E-state index contributed by atoms with van der Waals surface area (Å²) in [5, 5.41) is 9.19. The van der Waals surface area contributed by atoms with Crippen molar-refractivity contribution in [1.82, 2.24) is 15.6 Å². The Hall–Kier alpha value is -4.25. The number of nitrogens with zero attached hydrogens (tertiary/aromatic N) is 1. The number of nitrogens with one attached hydrogen (secondary N) is 3. The Labute approximate surface area is 366 Å². The lowest BCUT2D eigenvalue weighted by Gasteiger charge is -2.35. The van der Waals surface area contributed by atoms with E-state index in [9.17, 15) is 14.4 Å². The molecule has 0 saturated heterocycles. The van der Waals surface area contributed by atoms with E-state index in [2.05, 4.69) is 70.5 Å². The smallest absolute Gasteiger partial charge is 0.260 e. The van der Waals surface area contributed by atoms with Gasteiger partial charge in [0.2, 0.25) is 11.8 Å². The molecular weight excluding hydrogens is 774 g/mol. The van der Waals surface area contributed by atoms with E-state index in [1.807, 2.05) is 44.2 Å². The van der Waals surface area contributed by atoms with Gasteiger partial charge in [-0.3, -0.25) is 14.4 Å². The summed E-state index contributed by atoms with van der Waals surface area (Å²) in [6.45, 7) is 20.1. The minimum atomic E-state index is -0.534. The van der Waals surface area contributed by atoms with E-state index >= 15 is 0 Å². The van der Waals surface area contributed by atoms with Crippen LogP contribution in [0.5, 0.6) is 5.88 Å². The Morgan fingerprint density at radius 3 is 2.18 bits per heavy atom. The zero-order valence-electron chi connectivity index (χ0n) is 38.6. The third kappa shape index (κ3) is 14.2. The molecule has 0 saturated carbocycles. The number of methoxy groups -OCH3 is 2. The van der Waals surface area contributed by atoms with Crippen LogP contribution in [0, 0.1) is 18.8 Å². The average molecular weight is 849 g/mol. The van der Waals surface area contributed by atoms with E-state index < -0.39 is 11.8 Å². The van der Waals surface area contributed by atoms with Crippen molar-refractivity contribution in [3.8, 4) is 28.3 Å². The van der Waals surface area contributed by atoms with Crippen molar-refractivity contribution < 1.29 is 23.9 Å². The van der Waals surface area contributed by atoms with E-state index in [0.717, 1.165) is 85.4 Å². The molecule has 3 atom stereocenters. The number of carbonyl (C=O) groups is 3. The Kier molecular flexibility index (Phi) is 22.6. The Morgan fingerprint density at radius 2 is 1.63 bits per heavy atom. The van der Waals surface area contributed by atoms with E-state index in [-0.39, 0.29) is 29.5 Å². The molecule has 60 heavy (non-hydrogen) atoms. The fourth-order valence-corrected chi connectivity index (χ4v) is 7.53. The molecule has 10 nitrogen and oxygen atoms in total. The van der Waals surface area contributed by atoms with Crippen LogP contribution in [0.3, 0.4) is 0 Å². The first-order valence-electron chi connectivity index (χ1n) is 21.9. The van der Waals surface area contributed by atoms with Gasteiger partial charge in [0.25, 0.3) is 11.8 Å². The molecule has 4 rings (SSSR count). The summed E-state index contributed by atoms with van der Waals surface area (Å²) in [6, 6.07) is 13.5. The molecule has 3 aromatic rings. The second kappa shape index (κ2) is 26.2. The Morgan fingerprint density at radius 1 is 0.983 bits per heavy atom. The number of hydrogen-bond donors (Lipinski definition) is 4. The van der Waals surface area contributed by atoms with Crippen LogP contribution in [0.2, 0.25) is 5.02 Å². The molecule has 11 heteroatoms. The van der Waals surface area contributed by atoms with Gasteiger partial charge in [-0.25, -0.2) is 4.98 Å². The number of amides is 3. The van der Waals surface area contributed by atoms with Gasteiger partial charge >= 0.3 is 0 Å². The number of rotatable bonds is 18. The molecule has 0 aliphatic heterocycles. The van der Waals surface area contributed by atoms with E-state index in [1.165, 1.54) is 37.1 Å². The monoisotopic (exact) mass is 848 g/mol. The van der Waals surface area contributed by atoms with Gasteiger partial charge in [0.1, 0.15) is 5.57 Å². The number of carbonyl (C=O) groups excluding carboxylic acids is 3. The minimum Gasteiger partial charge on any atom is -0.481 e. The largest absolute Gasteiger partial charge is 0.481 e. The number of likely N-dealkylation sites (N-methyl/N-ethyl adjacent to an activating group) is 1. The molecule has 1 unspecified atom stereocenters. The summed E-state index contributed by atoms with van der Waals surface area (Å²) in [7, 11) is 4.83. The molecule has 332 valence electrons. The number of hydrogen-bond acceptors (Lipinski definition) is 7. The van der Waals surface area contributed by atoms with Gasteiger partial charge in [-0.2, -0.15) is 0 Å². The first kappa shape index (κ1) is 51.9. The number of aromatic nitrogens is 1. The zero-order chi connectivity index (χ0) is 45.0. The summed E-state index contributed by atoms with van der Waals surface area (Å²) < 4.78 is 10.3. The quantitative estimate of drug-likeness (QED) is 0.0567. The van der Waals surface area contributed by atoms with Crippen LogP contribution < -0.4 is 26.4 Å². The first-order chi connectivity index (χ1) is 28.7. The second-order valence-electron chi connectivity index (χ2n) is 15.9. The highest BCUT2D eigenvalue weighted by Crippen LogP contribution is 2.43. The molecule has 0 spiro atoms. The van der Waals surface area contributed by atoms with E-state index in [4.69, 9.17) is 31.8 Å². The highest BCUT2D eigenvalue weighted by molar-refractivity contribution is 6.36. The average Bonchev–Trinajstić information content (AvgIpc) is 3.64. The van der Waals surface area contributed by atoms with Gasteiger partial charge in [0.05, 0.1) is 17.8 Å². The topological polar surface area (TPSA) is 145 Å². The third-order valence-corrected chi connectivity index (χ3v) is 12.3. The Balaban J connectivity index is 0.000000451. The number of fused-ring (bicyclic) bond motifs is 1. The minimum absolute atomic E-state index is 0.0178. The van der Waals surface area contributed by atoms with Crippen LogP contribution in [0.4, 0.5) is 5.69 Å². The number of aryl methyl sites for hydroxylation is 1. The van der Waals surface area contributed by atoms with E-state index in [0.29, 0.717) is 22.5 Å². The van der Waals surface area contributed by atoms with Crippen molar-refractivity contribution in [1.29, 1.82) is 0 Å². The molecule has 1 aromatic heterocycles. The van der Waals surface area contributed by atoms with Crippen LogP contribution in [-0.4, -0.2) is 62.7 Å². The summed E-state index contributed by atoms with van der Waals surface area (Å²) in [5.74, 6) is 1.14. The van der Waals surface area contributed by atoms with Crippen LogP contribution in [0.15, 0.2) is 54.1 Å². The van der Waals surface area contributed by atoms with Crippen molar-refractivity contribution in [2.45, 2.75) is 132 Å². The molecule has 5 N–H and O–H groups in total. The van der Waals surface area contributed by atoms with Gasteiger partial charge in [0.15, 0.2) is 0 Å². The van der Waals surface area contributed by atoms with Crippen molar-refractivity contribution in [3.05, 3.63) is 75.8 Å². The summed E-state index contributed by atoms with van der Waals surface area (Å²) in [5.41, 5.74) is 12.6. The van der Waals surface area contributed by atoms with Gasteiger partial charge in [-0.15, -0.1) is 0 Å². The predicted octanol–water partition coefficient (Wildman–Crippen LogP) is 10.6. The molecule has 1 aliphatic carbocycles. The maximum atomic E-state index is 12.8. The second-order valence-corrected chi connectivity index (χ2v) is 16.3. The molecule has 0 bridgehead atoms. The normalized spacial score (nSPS) is 14.4. The number of benzene rings is 2.